The fourth-order valence-corrected chi connectivity index (χ4v) is 0.0707. The van der Waals surface area contributed by atoms with Crippen molar-refractivity contribution in [2.75, 3.05) is 13.6 Å². The van der Waals surface area contributed by atoms with Crippen molar-refractivity contribution in [3.63, 3.8) is 0 Å². The van der Waals surface area contributed by atoms with Crippen molar-refractivity contribution in [1.29, 1.82) is 0 Å². The van der Waals surface area contributed by atoms with Crippen LogP contribution in [0.2, 0.25) is 0 Å². The molecule has 0 N–H and O–H groups in total. The fourth-order valence-electron chi connectivity index (χ4n) is 0.0707. The summed E-state index contributed by atoms with van der Waals surface area (Å²) in [6.07, 6.45) is 0. The lowest BCUT2D eigenvalue weighted by Crippen LogP contribution is -1.73. The zero-order chi connectivity index (χ0) is 2.99. The van der Waals surface area contributed by atoms with Crippen LogP contribution in [0, 0.1) is 6.54 Å². The third-order valence-corrected chi connectivity index (χ3v) is 0.474. The summed E-state index contributed by atoms with van der Waals surface area (Å²) in [5, 5.41) is 0. The normalized spacial score (nSPS) is 26.2. The van der Waals surface area contributed by atoms with Crippen LogP contribution in [0.3, 0.4) is 0 Å². The first-order valence-corrected chi connectivity index (χ1v) is 1.34. The van der Waals surface area contributed by atoms with Crippen LogP contribution in [-0.4, -0.2) is 18.5 Å². The van der Waals surface area contributed by atoms with E-state index in [1.807, 2.05) is 11.9 Å². The van der Waals surface area contributed by atoms with Crippen LogP contribution in [-0.2, 0) is 0 Å². The number of rotatable bonds is 0. The van der Waals surface area contributed by atoms with Crippen molar-refractivity contribution in [2.24, 2.45) is 0 Å². The molecule has 1 heteroatoms. The second-order valence-corrected chi connectivity index (χ2v) is 1.01. The lowest BCUT2D eigenvalue weighted by molar-refractivity contribution is 0.726. The molecule has 0 aromatic rings. The van der Waals surface area contributed by atoms with Gasteiger partial charge in [0.2, 0.25) is 0 Å². The van der Waals surface area contributed by atoms with Crippen LogP contribution >= 0.6 is 0 Å². The Morgan fingerprint density at radius 3 is 2.25 bits per heavy atom. The molecule has 4 heavy (non-hydrogen) atoms. The summed E-state index contributed by atoms with van der Waals surface area (Å²) in [6, 6.07) is 0. The van der Waals surface area contributed by atoms with Gasteiger partial charge < -0.3 is 0 Å². The van der Waals surface area contributed by atoms with Gasteiger partial charge in [0.25, 0.3) is 0 Å². The van der Waals surface area contributed by atoms with Gasteiger partial charge >= 0.3 is 0 Å². The van der Waals surface area contributed by atoms with Crippen molar-refractivity contribution in [1.82, 2.24) is 4.90 Å². The summed E-state index contributed by atoms with van der Waals surface area (Å²) in [6.45, 7) is 4.00. The van der Waals surface area contributed by atoms with Crippen molar-refractivity contribution < 1.29 is 0 Å². The predicted molar refractivity (Wildman–Crippen MR) is 15.9 cm³/mol. The van der Waals surface area contributed by atoms with Gasteiger partial charge in [0.15, 0.2) is 0 Å². The molecule has 1 nitrogen and oxygen atoms in total. The quantitative estimate of drug-likeness (QED) is 0.351. The smallest absolute Gasteiger partial charge is 0.0768 e. The minimum absolute atomic E-state index is 1.07. The van der Waals surface area contributed by atoms with E-state index in [0.29, 0.717) is 0 Å². The minimum atomic E-state index is 1.07. The molecule has 1 fully saturated rings. The Labute approximate surface area is 26.2 Å². The predicted octanol–water partition coefficient (Wildman–Crippen LogP) is -0.0294. The van der Waals surface area contributed by atoms with E-state index in [9.17, 15) is 0 Å². The highest BCUT2D eigenvalue weighted by molar-refractivity contribution is 4.82. The van der Waals surface area contributed by atoms with Crippen LogP contribution in [0.4, 0.5) is 0 Å². The summed E-state index contributed by atoms with van der Waals surface area (Å²) in [5.41, 5.74) is 0. The lowest BCUT2D eigenvalue weighted by atomic mass is 11.0. The number of hydrogen-bond donors (Lipinski definition) is 0. The Balaban J connectivity index is 2.17. The van der Waals surface area contributed by atoms with Gasteiger partial charge in [-0.3, -0.25) is 4.90 Å². The largest absolute Gasteiger partial charge is 0.294 e. The summed E-state index contributed by atoms with van der Waals surface area (Å²) in [7, 11) is 2.00. The molecule has 0 aliphatic carbocycles. The molecular formula is C3H5N. The summed E-state index contributed by atoms with van der Waals surface area (Å²) in [5.74, 6) is 0. The van der Waals surface area contributed by atoms with E-state index < -0.39 is 0 Å². The van der Waals surface area contributed by atoms with Crippen molar-refractivity contribution in [3.8, 4) is 0 Å². The molecule has 1 heterocycles. The first-order valence-electron chi connectivity index (χ1n) is 1.34. The Bertz CT molecular complexity index is 22.5. The lowest BCUT2D eigenvalue weighted by Gasteiger charge is -1.65. The fraction of sp³-hybridized carbons (Fsp3) is 0.667. The Morgan fingerprint density at radius 2 is 2.25 bits per heavy atom. The molecule has 2 radical (unpaired) electrons. The zero-order valence-electron chi connectivity index (χ0n) is 2.65. The third kappa shape index (κ3) is 0.206. The molecule has 22 valence electrons. The van der Waals surface area contributed by atoms with Gasteiger partial charge in [-0.2, -0.15) is 0 Å². The summed E-state index contributed by atoms with van der Waals surface area (Å²) in [4.78, 5) is 2.00. The van der Waals surface area contributed by atoms with Gasteiger partial charge in [0.1, 0.15) is 0 Å². The van der Waals surface area contributed by atoms with Crippen LogP contribution in [0.15, 0.2) is 0 Å². The average Bonchev–Trinajstić information content (AvgIpc) is 1.75. The van der Waals surface area contributed by atoms with E-state index in [1.54, 1.807) is 0 Å². The van der Waals surface area contributed by atoms with Crippen LogP contribution in [0.25, 0.3) is 0 Å². The Hall–Kier alpha value is -0.0400. The standard InChI is InChI=1S/C3H5N/c1-4-2-3-4/h2H2,1H3. The molecule has 0 aromatic heterocycles. The van der Waals surface area contributed by atoms with E-state index >= 15 is 0 Å². The van der Waals surface area contributed by atoms with E-state index in [4.69, 9.17) is 0 Å². The van der Waals surface area contributed by atoms with Gasteiger partial charge in [-0.1, -0.05) is 0 Å². The van der Waals surface area contributed by atoms with Gasteiger partial charge in [0, 0.05) is 6.54 Å². The van der Waals surface area contributed by atoms with E-state index in [0.717, 1.165) is 6.54 Å². The minimum Gasteiger partial charge on any atom is -0.294 e. The van der Waals surface area contributed by atoms with Gasteiger partial charge in [-0.25, -0.2) is 0 Å². The molecule has 1 saturated heterocycles. The summed E-state index contributed by atoms with van der Waals surface area (Å²) >= 11 is 0. The van der Waals surface area contributed by atoms with Crippen LogP contribution < -0.4 is 0 Å². The monoisotopic (exact) mass is 55.0 g/mol. The Morgan fingerprint density at radius 1 is 2.00 bits per heavy atom. The average molecular weight is 55.1 g/mol. The molecular weight excluding hydrogens is 50.0 g/mol. The van der Waals surface area contributed by atoms with E-state index in [2.05, 4.69) is 6.54 Å². The highest BCUT2D eigenvalue weighted by atomic mass is 15.2. The highest BCUT2D eigenvalue weighted by Gasteiger charge is 2.09. The molecule has 1 aliphatic rings. The van der Waals surface area contributed by atoms with Crippen molar-refractivity contribution in [2.45, 2.75) is 0 Å². The third-order valence-electron chi connectivity index (χ3n) is 0.474. The van der Waals surface area contributed by atoms with Crippen LogP contribution in [0.1, 0.15) is 0 Å². The number of likely N-dealkylation sites (N-methyl/N-ethyl adjacent to an activating group) is 1. The molecule has 0 amide bonds. The second kappa shape index (κ2) is 0.462. The maximum absolute atomic E-state index is 2.93. The molecule has 1 atom stereocenters. The second-order valence-electron chi connectivity index (χ2n) is 1.01. The SMILES string of the molecule is CN1[C]C1. The molecule has 0 bridgehead atoms. The molecule has 1 aliphatic heterocycles. The summed E-state index contributed by atoms with van der Waals surface area (Å²) < 4.78 is 0. The highest BCUT2D eigenvalue weighted by Crippen LogP contribution is 2.01. The molecule has 1 unspecified atom stereocenters. The van der Waals surface area contributed by atoms with Crippen molar-refractivity contribution >= 4 is 0 Å². The molecule has 0 saturated carbocycles. The van der Waals surface area contributed by atoms with Gasteiger partial charge in [-0.15, -0.1) is 0 Å². The molecule has 0 spiro atoms. The maximum Gasteiger partial charge on any atom is 0.0768 e. The van der Waals surface area contributed by atoms with E-state index in [-0.39, 0.29) is 0 Å². The van der Waals surface area contributed by atoms with Crippen LogP contribution in [0.5, 0.6) is 0 Å². The van der Waals surface area contributed by atoms with Gasteiger partial charge in [-0.05, 0) is 7.05 Å². The van der Waals surface area contributed by atoms with Crippen molar-refractivity contribution in [3.05, 3.63) is 6.54 Å². The topological polar surface area (TPSA) is 3.01 Å². The van der Waals surface area contributed by atoms with Gasteiger partial charge in [0.05, 0.1) is 6.54 Å². The Kier molecular flexibility index (Phi) is 0.256. The zero-order valence-corrected chi connectivity index (χ0v) is 2.65. The first-order chi connectivity index (χ1) is 1.89. The number of nitrogens with zero attached hydrogens (tertiary/aromatic N) is 1. The molecule has 0 aromatic carbocycles. The van der Waals surface area contributed by atoms with E-state index in [1.165, 1.54) is 0 Å². The number of hydrogen-bond acceptors (Lipinski definition) is 1. The maximum atomic E-state index is 2.93. The molecule has 1 rings (SSSR count). The first kappa shape index (κ1) is 2.21.